The summed E-state index contributed by atoms with van der Waals surface area (Å²) in [6, 6.07) is 3.50. The fourth-order valence-corrected chi connectivity index (χ4v) is 2.51. The lowest BCUT2D eigenvalue weighted by molar-refractivity contribution is 0.199. The highest BCUT2D eigenvalue weighted by Crippen LogP contribution is 2.20. The lowest BCUT2D eigenvalue weighted by atomic mass is 10.3. The minimum absolute atomic E-state index is 0.00480. The normalized spacial score (nSPS) is 11.6. The van der Waals surface area contributed by atoms with Gasteiger partial charge in [0.25, 0.3) is 0 Å². The topological polar surface area (TPSA) is 76.7 Å². The average molecular weight is 306 g/mol. The molecule has 1 aromatic carbocycles. The lowest BCUT2D eigenvalue weighted by Crippen LogP contribution is -2.33. The van der Waals surface area contributed by atoms with Crippen LogP contribution in [0.3, 0.4) is 0 Å². The molecule has 0 unspecified atom stereocenters. The highest BCUT2D eigenvalue weighted by Gasteiger charge is 2.15. The summed E-state index contributed by atoms with van der Waals surface area (Å²) in [5.74, 6) is -0.709. The highest BCUT2D eigenvalue weighted by molar-refractivity contribution is 7.89. The molecular weight excluding hydrogens is 287 g/mol. The average Bonchev–Trinajstić information content (AvgIpc) is 2.42. The molecule has 114 valence electrons. The number of nitrogens with one attached hydrogen (secondary N) is 2. The molecule has 1 rings (SSSR count). The first-order chi connectivity index (χ1) is 9.51. The zero-order valence-electron chi connectivity index (χ0n) is 11.5. The molecule has 6 nitrogen and oxygen atoms in total. The van der Waals surface area contributed by atoms with E-state index < -0.39 is 15.8 Å². The maximum absolute atomic E-state index is 13.5. The molecular formula is C12H19FN2O4S. The Morgan fingerprint density at radius 2 is 1.95 bits per heavy atom. The van der Waals surface area contributed by atoms with Crippen LogP contribution in [0.25, 0.3) is 0 Å². The maximum atomic E-state index is 13.5. The molecule has 0 aliphatic carbocycles. The van der Waals surface area contributed by atoms with Gasteiger partial charge in [0.1, 0.15) is 0 Å². The molecule has 0 saturated heterocycles. The van der Waals surface area contributed by atoms with Gasteiger partial charge in [-0.15, -0.1) is 0 Å². The Bertz CT molecular complexity index is 522. The molecule has 0 fully saturated rings. The molecule has 0 spiro atoms. The first-order valence-corrected chi connectivity index (χ1v) is 7.52. The van der Waals surface area contributed by atoms with Gasteiger partial charge in [0.05, 0.1) is 18.6 Å². The van der Waals surface area contributed by atoms with Gasteiger partial charge in [-0.1, -0.05) is 0 Å². The molecule has 2 N–H and O–H groups in total. The predicted octanol–water partition coefficient (Wildman–Crippen LogP) is 0.349. The van der Waals surface area contributed by atoms with Crippen LogP contribution in [-0.2, 0) is 14.8 Å². The Morgan fingerprint density at radius 1 is 1.20 bits per heavy atom. The van der Waals surface area contributed by atoms with Crippen molar-refractivity contribution in [1.82, 2.24) is 10.0 Å². The van der Waals surface area contributed by atoms with Crippen LogP contribution in [0.4, 0.5) is 4.39 Å². The van der Waals surface area contributed by atoms with Crippen molar-refractivity contribution in [3.8, 4) is 5.75 Å². The second-order valence-electron chi connectivity index (χ2n) is 3.94. The van der Waals surface area contributed by atoms with E-state index in [2.05, 4.69) is 10.0 Å². The van der Waals surface area contributed by atoms with Crippen LogP contribution in [-0.4, -0.2) is 48.9 Å². The number of sulfonamides is 1. The van der Waals surface area contributed by atoms with Gasteiger partial charge in [0.2, 0.25) is 10.0 Å². The van der Waals surface area contributed by atoms with Gasteiger partial charge in [0.15, 0.2) is 11.6 Å². The summed E-state index contributed by atoms with van der Waals surface area (Å²) in [7, 11) is -0.815. The van der Waals surface area contributed by atoms with Crippen LogP contribution in [0.1, 0.15) is 0 Å². The summed E-state index contributed by atoms with van der Waals surface area (Å²) < 4.78 is 49.2. The van der Waals surface area contributed by atoms with Crippen molar-refractivity contribution in [3.63, 3.8) is 0 Å². The van der Waals surface area contributed by atoms with E-state index in [1.807, 2.05) is 0 Å². The van der Waals surface area contributed by atoms with E-state index in [1.54, 1.807) is 7.11 Å². The third-order valence-electron chi connectivity index (χ3n) is 2.51. The first-order valence-electron chi connectivity index (χ1n) is 6.04. The molecule has 0 radical (unpaired) electrons. The zero-order chi connectivity index (χ0) is 15.0. The Labute approximate surface area is 118 Å². The van der Waals surface area contributed by atoms with Crippen LogP contribution >= 0.6 is 0 Å². The largest absolute Gasteiger partial charge is 0.494 e. The molecule has 0 heterocycles. The van der Waals surface area contributed by atoms with Crippen molar-refractivity contribution in [2.24, 2.45) is 0 Å². The maximum Gasteiger partial charge on any atom is 0.240 e. The van der Waals surface area contributed by atoms with Crippen LogP contribution < -0.4 is 14.8 Å². The van der Waals surface area contributed by atoms with Gasteiger partial charge in [-0.3, -0.25) is 0 Å². The predicted molar refractivity (Wildman–Crippen MR) is 72.9 cm³/mol. The zero-order valence-corrected chi connectivity index (χ0v) is 12.3. The number of halogens is 1. The SMILES string of the molecule is COCCNCCNS(=O)(=O)c1ccc(OC)c(F)c1. The van der Waals surface area contributed by atoms with E-state index in [1.165, 1.54) is 19.2 Å². The molecule has 0 atom stereocenters. The fourth-order valence-electron chi connectivity index (χ4n) is 1.47. The summed E-state index contributed by atoms with van der Waals surface area (Å²) in [6.45, 7) is 1.85. The van der Waals surface area contributed by atoms with Crippen molar-refractivity contribution in [3.05, 3.63) is 24.0 Å². The Morgan fingerprint density at radius 3 is 2.55 bits per heavy atom. The number of hydrogen-bond donors (Lipinski definition) is 2. The smallest absolute Gasteiger partial charge is 0.240 e. The van der Waals surface area contributed by atoms with Gasteiger partial charge in [-0.05, 0) is 18.2 Å². The summed E-state index contributed by atoms with van der Waals surface area (Å²) in [5.41, 5.74) is 0. The van der Waals surface area contributed by atoms with Gasteiger partial charge >= 0.3 is 0 Å². The van der Waals surface area contributed by atoms with Gasteiger partial charge < -0.3 is 14.8 Å². The summed E-state index contributed by atoms with van der Waals surface area (Å²) in [5, 5.41) is 2.99. The van der Waals surface area contributed by atoms with Crippen molar-refractivity contribution >= 4 is 10.0 Å². The minimum atomic E-state index is -3.72. The second kappa shape index (κ2) is 8.15. The van der Waals surface area contributed by atoms with Gasteiger partial charge in [0, 0.05) is 26.7 Å². The van der Waals surface area contributed by atoms with E-state index in [-0.39, 0.29) is 17.2 Å². The fraction of sp³-hybridized carbons (Fsp3) is 0.500. The molecule has 8 heteroatoms. The second-order valence-corrected chi connectivity index (χ2v) is 5.70. The number of benzene rings is 1. The van der Waals surface area contributed by atoms with Crippen LogP contribution in [0, 0.1) is 5.82 Å². The molecule has 0 aliphatic rings. The van der Waals surface area contributed by atoms with Gasteiger partial charge in [-0.2, -0.15) is 0 Å². The van der Waals surface area contributed by atoms with Crippen LogP contribution in [0.2, 0.25) is 0 Å². The monoisotopic (exact) mass is 306 g/mol. The summed E-state index contributed by atoms with van der Waals surface area (Å²) >= 11 is 0. The van der Waals surface area contributed by atoms with Crippen molar-refractivity contribution < 1.29 is 22.3 Å². The minimum Gasteiger partial charge on any atom is -0.494 e. The number of methoxy groups -OCH3 is 2. The first kappa shape index (κ1) is 16.8. The summed E-state index contributed by atoms with van der Waals surface area (Å²) in [4.78, 5) is -0.132. The van der Waals surface area contributed by atoms with Gasteiger partial charge in [-0.25, -0.2) is 17.5 Å². The van der Waals surface area contributed by atoms with E-state index in [0.29, 0.717) is 19.7 Å². The van der Waals surface area contributed by atoms with Crippen molar-refractivity contribution in [2.75, 3.05) is 40.5 Å². The molecule has 20 heavy (non-hydrogen) atoms. The standard InChI is InChI=1S/C12H19FN2O4S/c1-18-8-7-14-5-6-15-20(16,17)10-3-4-12(19-2)11(13)9-10/h3-4,9,14-15H,5-8H2,1-2H3. The van der Waals surface area contributed by atoms with Crippen LogP contribution in [0.15, 0.2) is 23.1 Å². The Hall–Kier alpha value is -1.22. The third kappa shape index (κ3) is 5.04. The Kier molecular flexibility index (Phi) is 6.86. The molecule has 0 aromatic heterocycles. The van der Waals surface area contributed by atoms with Crippen LogP contribution in [0.5, 0.6) is 5.75 Å². The summed E-state index contributed by atoms with van der Waals surface area (Å²) in [6.07, 6.45) is 0. The number of rotatable bonds is 9. The van der Waals surface area contributed by atoms with Crippen molar-refractivity contribution in [1.29, 1.82) is 0 Å². The number of hydrogen-bond acceptors (Lipinski definition) is 5. The molecule has 0 bridgehead atoms. The molecule has 0 saturated carbocycles. The highest BCUT2D eigenvalue weighted by atomic mass is 32.2. The molecule has 0 amide bonds. The van der Waals surface area contributed by atoms with E-state index >= 15 is 0 Å². The van der Waals surface area contributed by atoms with E-state index in [0.717, 1.165) is 6.07 Å². The molecule has 0 aliphatic heterocycles. The quantitative estimate of drug-likeness (QED) is 0.644. The van der Waals surface area contributed by atoms with E-state index in [9.17, 15) is 12.8 Å². The Balaban J connectivity index is 2.54. The lowest BCUT2D eigenvalue weighted by Gasteiger charge is -2.09. The number of ether oxygens (including phenoxy) is 2. The van der Waals surface area contributed by atoms with E-state index in [4.69, 9.17) is 9.47 Å². The van der Waals surface area contributed by atoms with Crippen molar-refractivity contribution in [2.45, 2.75) is 4.90 Å². The molecule has 1 aromatic rings. The third-order valence-corrected chi connectivity index (χ3v) is 3.97.